The molecule has 0 aromatic heterocycles. The Labute approximate surface area is 169 Å². The van der Waals surface area contributed by atoms with Crippen molar-refractivity contribution in [3.63, 3.8) is 0 Å². The predicted octanol–water partition coefficient (Wildman–Crippen LogP) is 6.55. The first-order valence-electron chi connectivity index (χ1n) is 11.6. The third kappa shape index (κ3) is 19.7. The number of aliphatic hydroxyl groups is 1. The number of hydrogen-bond donors (Lipinski definition) is 2. The molecule has 0 fully saturated rings. The Morgan fingerprint density at radius 3 is 1.89 bits per heavy atom. The topological polar surface area (TPSA) is 49.3 Å². The first kappa shape index (κ1) is 26.2. The van der Waals surface area contributed by atoms with Crippen molar-refractivity contribution in [2.75, 3.05) is 6.61 Å². The summed E-state index contributed by atoms with van der Waals surface area (Å²) in [6, 6.07) is -0.0828. The lowest BCUT2D eigenvalue weighted by Gasteiger charge is -2.18. The fourth-order valence-electron chi connectivity index (χ4n) is 3.40. The molecular weight excluding hydrogens is 334 g/mol. The van der Waals surface area contributed by atoms with Crippen LogP contribution in [0.2, 0.25) is 0 Å². The Balaban J connectivity index is 3.39. The highest BCUT2D eigenvalue weighted by atomic mass is 16.3. The lowest BCUT2D eigenvalue weighted by atomic mass is 10.0. The summed E-state index contributed by atoms with van der Waals surface area (Å²) in [5.74, 6) is 0.578. The van der Waals surface area contributed by atoms with Gasteiger partial charge in [0.05, 0.1) is 12.6 Å². The Hall–Kier alpha value is -0.830. The molecule has 0 aromatic rings. The molecule has 2 N–H and O–H groups in total. The fourth-order valence-corrected chi connectivity index (χ4v) is 3.40. The molecule has 1 atom stereocenters. The molecule has 27 heavy (non-hydrogen) atoms. The molecule has 0 aromatic carbocycles. The van der Waals surface area contributed by atoms with Gasteiger partial charge in [0.1, 0.15) is 0 Å². The van der Waals surface area contributed by atoms with E-state index >= 15 is 0 Å². The molecular formula is C24H47NO2. The first-order chi connectivity index (χ1) is 13.1. The minimum atomic E-state index is -0.0828. The Morgan fingerprint density at radius 1 is 0.852 bits per heavy atom. The maximum atomic E-state index is 11.9. The van der Waals surface area contributed by atoms with Crippen LogP contribution in [0, 0.1) is 5.92 Å². The highest BCUT2D eigenvalue weighted by Gasteiger charge is 2.12. The molecule has 160 valence electrons. The summed E-state index contributed by atoms with van der Waals surface area (Å²) in [5.41, 5.74) is 0. The number of nitrogens with one attached hydrogen (secondary N) is 1. The number of amides is 1. The Kier molecular flexibility index (Phi) is 19.3. The average Bonchev–Trinajstić information content (AvgIpc) is 2.64. The number of hydrogen-bond acceptors (Lipinski definition) is 2. The minimum Gasteiger partial charge on any atom is -0.394 e. The summed E-state index contributed by atoms with van der Waals surface area (Å²) < 4.78 is 0. The summed E-state index contributed by atoms with van der Waals surface area (Å²) in [6.07, 6.45) is 22.7. The molecule has 0 aliphatic carbocycles. The monoisotopic (exact) mass is 381 g/mol. The van der Waals surface area contributed by atoms with Gasteiger partial charge in [0, 0.05) is 6.42 Å². The third-order valence-electron chi connectivity index (χ3n) is 5.01. The highest BCUT2D eigenvalue weighted by Crippen LogP contribution is 2.10. The van der Waals surface area contributed by atoms with Gasteiger partial charge in [0.25, 0.3) is 0 Å². The predicted molar refractivity (Wildman–Crippen MR) is 118 cm³/mol. The molecule has 0 aliphatic rings. The normalized spacial score (nSPS) is 12.8. The zero-order chi connectivity index (χ0) is 20.2. The van der Waals surface area contributed by atoms with Gasteiger partial charge in [-0.15, -0.1) is 0 Å². The number of rotatable bonds is 19. The van der Waals surface area contributed by atoms with Crippen molar-refractivity contribution in [3.8, 4) is 0 Å². The molecule has 0 saturated carbocycles. The van der Waals surface area contributed by atoms with Gasteiger partial charge in [0.15, 0.2) is 0 Å². The molecule has 3 nitrogen and oxygen atoms in total. The van der Waals surface area contributed by atoms with Crippen molar-refractivity contribution < 1.29 is 9.90 Å². The highest BCUT2D eigenvalue weighted by molar-refractivity contribution is 5.76. The van der Waals surface area contributed by atoms with Gasteiger partial charge < -0.3 is 10.4 Å². The van der Waals surface area contributed by atoms with Gasteiger partial charge in [-0.05, 0) is 44.4 Å². The number of aliphatic hydroxyl groups excluding tert-OH is 1. The van der Waals surface area contributed by atoms with Crippen LogP contribution in [0.1, 0.15) is 117 Å². The van der Waals surface area contributed by atoms with E-state index in [4.69, 9.17) is 0 Å². The van der Waals surface area contributed by atoms with Gasteiger partial charge in [-0.2, -0.15) is 0 Å². The quantitative estimate of drug-likeness (QED) is 0.197. The molecule has 1 amide bonds. The van der Waals surface area contributed by atoms with Gasteiger partial charge in [-0.1, -0.05) is 84.3 Å². The van der Waals surface area contributed by atoms with E-state index in [1.54, 1.807) is 0 Å². The van der Waals surface area contributed by atoms with E-state index in [0.29, 0.717) is 12.3 Å². The first-order valence-corrected chi connectivity index (χ1v) is 11.6. The maximum Gasteiger partial charge on any atom is 0.220 e. The van der Waals surface area contributed by atoms with E-state index < -0.39 is 0 Å². The summed E-state index contributed by atoms with van der Waals surface area (Å²) in [7, 11) is 0. The van der Waals surface area contributed by atoms with E-state index in [2.05, 4.69) is 38.2 Å². The van der Waals surface area contributed by atoms with Crippen molar-refractivity contribution in [2.45, 2.75) is 123 Å². The van der Waals surface area contributed by atoms with Crippen LogP contribution in [0.3, 0.4) is 0 Å². The van der Waals surface area contributed by atoms with E-state index in [0.717, 1.165) is 19.3 Å². The van der Waals surface area contributed by atoms with Crippen LogP contribution < -0.4 is 5.32 Å². The van der Waals surface area contributed by atoms with E-state index in [1.807, 2.05) is 0 Å². The van der Waals surface area contributed by atoms with Crippen LogP contribution >= 0.6 is 0 Å². The van der Waals surface area contributed by atoms with E-state index in [1.165, 1.54) is 70.6 Å². The zero-order valence-corrected chi connectivity index (χ0v) is 18.5. The Bertz CT molecular complexity index is 352. The molecule has 0 unspecified atom stereocenters. The lowest BCUT2D eigenvalue weighted by Crippen LogP contribution is -2.38. The number of carbonyl (C=O) groups is 1. The van der Waals surface area contributed by atoms with Gasteiger partial charge in [0.2, 0.25) is 5.91 Å². The molecule has 0 aliphatic heterocycles. The smallest absolute Gasteiger partial charge is 0.220 e. The van der Waals surface area contributed by atoms with Crippen LogP contribution in [0.15, 0.2) is 12.2 Å². The fraction of sp³-hybridized carbons (Fsp3) is 0.875. The second kappa shape index (κ2) is 19.9. The van der Waals surface area contributed by atoms with Crippen LogP contribution in [-0.4, -0.2) is 23.7 Å². The second-order valence-corrected chi connectivity index (χ2v) is 8.41. The van der Waals surface area contributed by atoms with Crippen molar-refractivity contribution in [1.29, 1.82) is 0 Å². The van der Waals surface area contributed by atoms with Crippen molar-refractivity contribution in [2.24, 2.45) is 5.92 Å². The molecule has 0 bridgehead atoms. The van der Waals surface area contributed by atoms with Crippen LogP contribution in [0.4, 0.5) is 0 Å². The molecule has 0 spiro atoms. The summed E-state index contributed by atoms with van der Waals surface area (Å²) >= 11 is 0. The average molecular weight is 382 g/mol. The molecule has 0 rings (SSSR count). The lowest BCUT2D eigenvalue weighted by molar-refractivity contribution is -0.122. The molecule has 0 saturated heterocycles. The van der Waals surface area contributed by atoms with Crippen LogP contribution in [0.25, 0.3) is 0 Å². The molecule has 3 heteroatoms. The van der Waals surface area contributed by atoms with Crippen molar-refractivity contribution >= 4 is 5.91 Å². The SMILES string of the molecule is CCCCCCCC/C=C\CCCCCCCC(=O)N[C@H](CO)CC(C)C. The van der Waals surface area contributed by atoms with Gasteiger partial charge in [-0.25, -0.2) is 0 Å². The third-order valence-corrected chi connectivity index (χ3v) is 5.01. The number of unbranched alkanes of at least 4 members (excludes halogenated alkanes) is 11. The summed E-state index contributed by atoms with van der Waals surface area (Å²) in [4.78, 5) is 11.9. The Morgan fingerprint density at radius 2 is 1.37 bits per heavy atom. The van der Waals surface area contributed by atoms with Crippen molar-refractivity contribution in [3.05, 3.63) is 12.2 Å². The van der Waals surface area contributed by atoms with Crippen molar-refractivity contribution in [1.82, 2.24) is 5.32 Å². The largest absolute Gasteiger partial charge is 0.394 e. The van der Waals surface area contributed by atoms with Gasteiger partial charge in [-0.3, -0.25) is 4.79 Å². The number of carbonyl (C=O) groups excluding carboxylic acids is 1. The maximum absolute atomic E-state index is 11.9. The van der Waals surface area contributed by atoms with Crippen LogP contribution in [-0.2, 0) is 4.79 Å². The molecule has 0 radical (unpaired) electrons. The van der Waals surface area contributed by atoms with Crippen LogP contribution in [0.5, 0.6) is 0 Å². The standard InChI is InChI=1S/C24H47NO2/c1-4-5-6-7-8-9-10-11-12-13-14-15-16-17-18-19-24(27)25-23(21-26)20-22(2)3/h11-12,22-23,26H,4-10,13-21H2,1-3H3,(H,25,27)/b12-11-/t23-/m0/s1. The minimum absolute atomic E-state index is 0.0380. The van der Waals surface area contributed by atoms with Gasteiger partial charge >= 0.3 is 0 Å². The van der Waals surface area contributed by atoms with E-state index in [-0.39, 0.29) is 18.6 Å². The number of allylic oxidation sites excluding steroid dienone is 2. The summed E-state index contributed by atoms with van der Waals surface area (Å²) in [6.45, 7) is 6.52. The van der Waals surface area contributed by atoms with E-state index in [9.17, 15) is 9.90 Å². The zero-order valence-electron chi connectivity index (χ0n) is 18.5. The summed E-state index contributed by atoms with van der Waals surface area (Å²) in [5, 5.41) is 12.3. The molecule has 0 heterocycles. The second-order valence-electron chi connectivity index (χ2n) is 8.41.